The molecule has 1 atom stereocenters. The van der Waals surface area contributed by atoms with Gasteiger partial charge >= 0.3 is 0 Å². The first-order valence-corrected chi connectivity index (χ1v) is 8.26. The minimum absolute atomic E-state index is 0. The molecular formula is C17H25Cl2F3N2. The first-order chi connectivity index (χ1) is 10.7. The van der Waals surface area contributed by atoms with Crippen molar-refractivity contribution in [2.45, 2.75) is 38.1 Å². The Kier molecular flexibility index (Phi) is 8.85. The van der Waals surface area contributed by atoms with Crippen molar-refractivity contribution in [2.75, 3.05) is 26.2 Å². The fraction of sp³-hybridized carbons (Fsp3) is 0.647. The predicted octanol–water partition coefficient (Wildman–Crippen LogP) is 4.47. The van der Waals surface area contributed by atoms with E-state index in [1.165, 1.54) is 31.4 Å². The molecule has 0 radical (unpaired) electrons. The Labute approximate surface area is 154 Å². The summed E-state index contributed by atoms with van der Waals surface area (Å²) in [6.45, 7) is 3.49. The van der Waals surface area contributed by atoms with Crippen LogP contribution in [0.3, 0.4) is 0 Å². The summed E-state index contributed by atoms with van der Waals surface area (Å²) in [6.07, 6.45) is 5.72. The molecule has 1 aliphatic heterocycles. The fourth-order valence-electron chi connectivity index (χ4n) is 3.94. The molecule has 1 N–H and O–H groups in total. The van der Waals surface area contributed by atoms with Crippen LogP contribution in [-0.4, -0.2) is 31.1 Å². The van der Waals surface area contributed by atoms with E-state index in [0.717, 1.165) is 39.0 Å². The molecular weight excluding hydrogens is 360 g/mol. The van der Waals surface area contributed by atoms with Gasteiger partial charge in [0.05, 0.1) is 0 Å². The molecule has 1 saturated carbocycles. The van der Waals surface area contributed by atoms with Crippen LogP contribution in [0.1, 0.15) is 43.7 Å². The second-order valence-electron chi connectivity index (χ2n) is 6.43. The molecule has 7 heteroatoms. The Balaban J connectivity index is 0.00000144. The molecule has 2 fully saturated rings. The molecule has 0 unspecified atom stereocenters. The summed E-state index contributed by atoms with van der Waals surface area (Å²) in [4.78, 5) is 2.30. The topological polar surface area (TPSA) is 15.3 Å². The van der Waals surface area contributed by atoms with Crippen molar-refractivity contribution in [3.63, 3.8) is 0 Å². The lowest BCUT2D eigenvalue weighted by Crippen LogP contribution is -2.47. The summed E-state index contributed by atoms with van der Waals surface area (Å²) in [5.74, 6) is -3.13. The van der Waals surface area contributed by atoms with Crippen LogP contribution in [0.25, 0.3) is 0 Å². The number of piperazine rings is 1. The first kappa shape index (κ1) is 21.6. The summed E-state index contributed by atoms with van der Waals surface area (Å²) < 4.78 is 40.7. The summed E-state index contributed by atoms with van der Waals surface area (Å²) >= 11 is 0. The quantitative estimate of drug-likeness (QED) is 0.773. The Morgan fingerprint density at radius 3 is 2.00 bits per heavy atom. The first-order valence-electron chi connectivity index (χ1n) is 8.26. The highest BCUT2D eigenvalue weighted by Crippen LogP contribution is 2.39. The van der Waals surface area contributed by atoms with Gasteiger partial charge in [-0.2, -0.15) is 0 Å². The highest BCUT2D eigenvalue weighted by atomic mass is 35.5. The molecule has 1 aliphatic carbocycles. The average molecular weight is 385 g/mol. The van der Waals surface area contributed by atoms with Crippen LogP contribution in [0.4, 0.5) is 13.2 Å². The van der Waals surface area contributed by atoms with Crippen molar-refractivity contribution < 1.29 is 13.2 Å². The minimum Gasteiger partial charge on any atom is -0.314 e. The highest BCUT2D eigenvalue weighted by Gasteiger charge is 2.32. The van der Waals surface area contributed by atoms with Crippen LogP contribution < -0.4 is 5.32 Å². The van der Waals surface area contributed by atoms with Crippen LogP contribution >= 0.6 is 24.8 Å². The van der Waals surface area contributed by atoms with E-state index < -0.39 is 17.5 Å². The van der Waals surface area contributed by atoms with Gasteiger partial charge in [-0.3, -0.25) is 4.90 Å². The second kappa shape index (κ2) is 9.85. The number of halogens is 5. The number of benzene rings is 1. The molecule has 1 aromatic carbocycles. The summed E-state index contributed by atoms with van der Waals surface area (Å²) in [5, 5.41) is 3.31. The Hall–Kier alpha value is -0.490. The lowest BCUT2D eigenvalue weighted by atomic mass is 9.80. The maximum absolute atomic E-state index is 13.7. The smallest absolute Gasteiger partial charge is 0.194 e. The van der Waals surface area contributed by atoms with Crippen molar-refractivity contribution in [3.8, 4) is 0 Å². The average Bonchev–Trinajstić information content (AvgIpc) is 2.55. The predicted molar refractivity (Wildman–Crippen MR) is 94.6 cm³/mol. The van der Waals surface area contributed by atoms with E-state index in [2.05, 4.69) is 10.2 Å². The van der Waals surface area contributed by atoms with Crippen LogP contribution in [-0.2, 0) is 0 Å². The van der Waals surface area contributed by atoms with Gasteiger partial charge < -0.3 is 5.32 Å². The third-order valence-electron chi connectivity index (χ3n) is 4.99. The number of hydrogen-bond donors (Lipinski definition) is 1. The van der Waals surface area contributed by atoms with Crippen molar-refractivity contribution in [3.05, 3.63) is 35.1 Å². The molecule has 0 amide bonds. The zero-order valence-electron chi connectivity index (χ0n) is 13.6. The number of hydrogen-bond acceptors (Lipinski definition) is 2. The van der Waals surface area contributed by atoms with Gasteiger partial charge in [0, 0.05) is 32.2 Å². The van der Waals surface area contributed by atoms with Crippen LogP contribution in [0, 0.1) is 23.4 Å². The maximum Gasteiger partial charge on any atom is 0.194 e. The van der Waals surface area contributed by atoms with E-state index in [1.54, 1.807) is 0 Å². The number of rotatable bonds is 3. The van der Waals surface area contributed by atoms with Crippen molar-refractivity contribution in [1.29, 1.82) is 0 Å². The van der Waals surface area contributed by atoms with Gasteiger partial charge in [0.1, 0.15) is 0 Å². The molecule has 0 spiro atoms. The molecule has 138 valence electrons. The van der Waals surface area contributed by atoms with Gasteiger partial charge in [0.15, 0.2) is 17.5 Å². The number of nitrogens with zero attached hydrogens (tertiary/aromatic N) is 1. The van der Waals surface area contributed by atoms with E-state index in [9.17, 15) is 13.2 Å². The van der Waals surface area contributed by atoms with Gasteiger partial charge in [-0.25, -0.2) is 13.2 Å². The van der Waals surface area contributed by atoms with E-state index >= 15 is 0 Å². The van der Waals surface area contributed by atoms with Crippen molar-refractivity contribution >= 4 is 24.8 Å². The van der Waals surface area contributed by atoms with E-state index in [0.29, 0.717) is 11.5 Å². The largest absolute Gasteiger partial charge is 0.314 e. The zero-order valence-corrected chi connectivity index (χ0v) is 15.2. The highest BCUT2D eigenvalue weighted by molar-refractivity contribution is 5.85. The van der Waals surface area contributed by atoms with E-state index in [4.69, 9.17) is 0 Å². The standard InChI is InChI=1S/C17H23F3N2.2ClH/c18-14-10-13(11-15(19)16(14)20)17(12-4-2-1-3-5-12)22-8-6-21-7-9-22;;/h10-12,17,21H,1-9H2;2*1H/t17-;;/m1../s1. The minimum atomic E-state index is -1.37. The third kappa shape index (κ3) is 4.78. The fourth-order valence-corrected chi connectivity index (χ4v) is 3.94. The molecule has 1 saturated heterocycles. The van der Waals surface area contributed by atoms with Crippen LogP contribution in [0.2, 0.25) is 0 Å². The molecule has 0 bridgehead atoms. The Morgan fingerprint density at radius 1 is 0.917 bits per heavy atom. The lowest BCUT2D eigenvalue weighted by Gasteiger charge is -2.41. The third-order valence-corrected chi connectivity index (χ3v) is 4.99. The van der Waals surface area contributed by atoms with Gasteiger partial charge in [-0.1, -0.05) is 19.3 Å². The second-order valence-corrected chi connectivity index (χ2v) is 6.43. The number of nitrogens with one attached hydrogen (secondary N) is 1. The molecule has 2 aliphatic rings. The van der Waals surface area contributed by atoms with E-state index in [1.807, 2.05) is 0 Å². The summed E-state index contributed by atoms with van der Waals surface area (Å²) in [6, 6.07) is 2.38. The molecule has 0 aromatic heterocycles. The molecule has 1 heterocycles. The SMILES string of the molecule is Cl.Cl.Fc1cc([C@@H](C2CCCCC2)N2CCNCC2)cc(F)c1F. The molecule has 1 aromatic rings. The Bertz CT molecular complexity index is 478. The van der Waals surface area contributed by atoms with Crippen LogP contribution in [0.15, 0.2) is 12.1 Å². The normalized spacial score (nSPS) is 20.8. The lowest BCUT2D eigenvalue weighted by molar-refractivity contribution is 0.103. The molecule has 3 rings (SSSR count). The zero-order chi connectivity index (χ0) is 15.5. The van der Waals surface area contributed by atoms with Crippen molar-refractivity contribution in [2.24, 2.45) is 5.92 Å². The van der Waals surface area contributed by atoms with Gasteiger partial charge in [-0.05, 0) is 36.5 Å². The molecule has 24 heavy (non-hydrogen) atoms. The van der Waals surface area contributed by atoms with E-state index in [-0.39, 0.29) is 30.9 Å². The summed E-state index contributed by atoms with van der Waals surface area (Å²) in [5.41, 5.74) is 0.588. The van der Waals surface area contributed by atoms with Gasteiger partial charge in [0.25, 0.3) is 0 Å². The van der Waals surface area contributed by atoms with Crippen LogP contribution in [0.5, 0.6) is 0 Å². The van der Waals surface area contributed by atoms with Crippen molar-refractivity contribution in [1.82, 2.24) is 10.2 Å². The van der Waals surface area contributed by atoms with Gasteiger partial charge in [-0.15, -0.1) is 24.8 Å². The van der Waals surface area contributed by atoms with Gasteiger partial charge in [0.2, 0.25) is 0 Å². The maximum atomic E-state index is 13.7. The monoisotopic (exact) mass is 384 g/mol. The Morgan fingerprint density at radius 2 is 1.46 bits per heavy atom. The molecule has 2 nitrogen and oxygen atoms in total. The summed E-state index contributed by atoms with van der Waals surface area (Å²) in [7, 11) is 0.